The molecule has 0 spiro atoms. The highest BCUT2D eigenvalue weighted by atomic mass is 16.2. The molecule has 0 atom stereocenters. The maximum Gasteiger partial charge on any atom is 0.305 e. The Labute approximate surface area is 112 Å². The van der Waals surface area contributed by atoms with Gasteiger partial charge in [-0.2, -0.15) is 0 Å². The van der Waals surface area contributed by atoms with Crippen LogP contribution >= 0.6 is 0 Å². The van der Waals surface area contributed by atoms with Gasteiger partial charge in [0.05, 0.1) is 0 Å². The molecular formula is C16H15NO2. The molecule has 2 amide bonds. The fraction of sp³-hybridized carbons (Fsp3) is 0.375. The second kappa shape index (κ2) is 4.89. The van der Waals surface area contributed by atoms with Gasteiger partial charge in [0.15, 0.2) is 0 Å². The normalized spacial score (nSPS) is 18.1. The second-order valence-electron chi connectivity index (χ2n) is 5.10. The van der Waals surface area contributed by atoms with Crippen LogP contribution in [-0.4, -0.2) is 23.3 Å². The van der Waals surface area contributed by atoms with Crippen LogP contribution in [0.15, 0.2) is 24.3 Å². The van der Waals surface area contributed by atoms with Crippen LogP contribution in [0.4, 0.5) is 0 Å². The number of carbonyl (C=O) groups is 2. The highest BCUT2D eigenvalue weighted by Gasteiger charge is 2.25. The van der Waals surface area contributed by atoms with E-state index in [4.69, 9.17) is 0 Å². The molecule has 1 aliphatic heterocycles. The lowest BCUT2D eigenvalue weighted by molar-refractivity contribution is -0.138. The standard InChI is InChI=1S/C16H15NO2/c18-15-2-1-11-17(15)16(19)10-5-12-3-6-13(7-4-12)14-8-9-14/h3-4,6-7,14H,1-2,8-9,11H2. The Morgan fingerprint density at radius 2 is 1.95 bits per heavy atom. The van der Waals surface area contributed by atoms with Crippen LogP contribution < -0.4 is 0 Å². The monoisotopic (exact) mass is 253 g/mol. The summed E-state index contributed by atoms with van der Waals surface area (Å²) in [6.07, 6.45) is 3.77. The Kier molecular flexibility index (Phi) is 3.08. The van der Waals surface area contributed by atoms with Crippen LogP contribution in [0.3, 0.4) is 0 Å². The number of benzene rings is 1. The number of rotatable bonds is 1. The Morgan fingerprint density at radius 3 is 2.53 bits per heavy atom. The molecule has 96 valence electrons. The molecule has 0 aromatic heterocycles. The molecule has 3 nitrogen and oxygen atoms in total. The first-order chi connectivity index (χ1) is 9.24. The molecular weight excluding hydrogens is 238 g/mol. The van der Waals surface area contributed by atoms with E-state index in [9.17, 15) is 9.59 Å². The van der Waals surface area contributed by atoms with E-state index in [0.717, 1.165) is 17.9 Å². The van der Waals surface area contributed by atoms with Crippen molar-refractivity contribution in [2.75, 3.05) is 6.54 Å². The van der Waals surface area contributed by atoms with Gasteiger partial charge in [-0.1, -0.05) is 18.1 Å². The summed E-state index contributed by atoms with van der Waals surface area (Å²) in [6.45, 7) is 0.507. The van der Waals surface area contributed by atoms with E-state index < -0.39 is 0 Å². The first-order valence-corrected chi connectivity index (χ1v) is 6.70. The summed E-state index contributed by atoms with van der Waals surface area (Å²) >= 11 is 0. The predicted molar refractivity (Wildman–Crippen MR) is 71.2 cm³/mol. The maximum atomic E-state index is 11.7. The van der Waals surface area contributed by atoms with Crippen LogP contribution in [0.25, 0.3) is 0 Å². The van der Waals surface area contributed by atoms with Gasteiger partial charge in [-0.05, 0) is 42.9 Å². The fourth-order valence-electron chi connectivity index (χ4n) is 2.31. The van der Waals surface area contributed by atoms with Crippen molar-refractivity contribution >= 4 is 11.8 Å². The predicted octanol–water partition coefficient (Wildman–Crippen LogP) is 2.06. The van der Waals surface area contributed by atoms with Crippen molar-refractivity contribution in [2.24, 2.45) is 0 Å². The SMILES string of the molecule is O=C(C#Cc1ccc(C2CC2)cc1)N1CCCC1=O. The van der Waals surface area contributed by atoms with Crippen LogP contribution in [-0.2, 0) is 9.59 Å². The van der Waals surface area contributed by atoms with Crippen molar-refractivity contribution in [1.29, 1.82) is 0 Å². The molecule has 1 aliphatic carbocycles. The number of carbonyl (C=O) groups excluding carboxylic acids is 2. The molecule has 1 aromatic rings. The molecule has 19 heavy (non-hydrogen) atoms. The molecule has 3 heteroatoms. The summed E-state index contributed by atoms with van der Waals surface area (Å²) in [6, 6.07) is 8.04. The quantitative estimate of drug-likeness (QED) is 0.718. The summed E-state index contributed by atoms with van der Waals surface area (Å²) in [4.78, 5) is 24.4. The van der Waals surface area contributed by atoms with Gasteiger partial charge in [0, 0.05) is 24.4 Å². The first kappa shape index (κ1) is 12.0. The van der Waals surface area contributed by atoms with Gasteiger partial charge < -0.3 is 0 Å². The van der Waals surface area contributed by atoms with Gasteiger partial charge in [-0.15, -0.1) is 0 Å². The van der Waals surface area contributed by atoms with Crippen molar-refractivity contribution in [3.63, 3.8) is 0 Å². The Morgan fingerprint density at radius 1 is 1.21 bits per heavy atom. The minimum atomic E-state index is -0.381. The molecule has 1 heterocycles. The summed E-state index contributed by atoms with van der Waals surface area (Å²) in [7, 11) is 0. The Hall–Kier alpha value is -2.08. The average Bonchev–Trinajstić information content (AvgIpc) is 3.19. The van der Waals surface area contributed by atoms with Gasteiger partial charge in [-0.3, -0.25) is 14.5 Å². The first-order valence-electron chi connectivity index (χ1n) is 6.70. The molecule has 2 fully saturated rings. The van der Waals surface area contributed by atoms with Crippen molar-refractivity contribution < 1.29 is 9.59 Å². The third-order valence-corrected chi connectivity index (χ3v) is 3.59. The topological polar surface area (TPSA) is 37.4 Å². The van der Waals surface area contributed by atoms with E-state index >= 15 is 0 Å². The van der Waals surface area contributed by atoms with E-state index in [0.29, 0.717) is 13.0 Å². The van der Waals surface area contributed by atoms with Crippen LogP contribution in [0.1, 0.15) is 42.7 Å². The Bertz CT molecular complexity index is 573. The van der Waals surface area contributed by atoms with Gasteiger partial charge in [0.25, 0.3) is 0 Å². The van der Waals surface area contributed by atoms with E-state index in [-0.39, 0.29) is 11.8 Å². The largest absolute Gasteiger partial charge is 0.305 e. The zero-order chi connectivity index (χ0) is 13.2. The molecule has 0 bridgehead atoms. The number of imide groups is 1. The van der Waals surface area contributed by atoms with Gasteiger partial charge >= 0.3 is 5.91 Å². The molecule has 1 saturated heterocycles. The summed E-state index contributed by atoms with van der Waals surface area (Å²) in [5.74, 6) is 5.63. The average molecular weight is 253 g/mol. The fourth-order valence-corrected chi connectivity index (χ4v) is 2.31. The summed E-state index contributed by atoms with van der Waals surface area (Å²) in [5, 5.41) is 0. The maximum absolute atomic E-state index is 11.7. The zero-order valence-electron chi connectivity index (χ0n) is 10.7. The van der Waals surface area contributed by atoms with Gasteiger partial charge in [-0.25, -0.2) is 0 Å². The number of hydrogen-bond acceptors (Lipinski definition) is 2. The van der Waals surface area contributed by atoms with Gasteiger partial charge in [0.1, 0.15) is 0 Å². The summed E-state index contributed by atoms with van der Waals surface area (Å²) in [5.41, 5.74) is 2.18. The van der Waals surface area contributed by atoms with Crippen molar-refractivity contribution in [3.05, 3.63) is 35.4 Å². The number of amides is 2. The highest BCUT2D eigenvalue weighted by molar-refractivity contribution is 6.05. The third-order valence-electron chi connectivity index (χ3n) is 3.59. The zero-order valence-corrected chi connectivity index (χ0v) is 10.7. The van der Waals surface area contributed by atoms with E-state index in [1.807, 2.05) is 12.1 Å². The van der Waals surface area contributed by atoms with Crippen LogP contribution in [0, 0.1) is 11.8 Å². The molecule has 1 saturated carbocycles. The molecule has 0 unspecified atom stereocenters. The lowest BCUT2D eigenvalue weighted by Crippen LogP contribution is -2.30. The van der Waals surface area contributed by atoms with E-state index in [1.54, 1.807) is 0 Å². The summed E-state index contributed by atoms with van der Waals surface area (Å²) < 4.78 is 0. The minimum absolute atomic E-state index is 0.108. The lowest BCUT2D eigenvalue weighted by atomic mass is 10.1. The molecule has 0 N–H and O–H groups in total. The number of likely N-dealkylation sites (tertiary alicyclic amines) is 1. The van der Waals surface area contributed by atoms with Gasteiger partial charge in [0.2, 0.25) is 5.91 Å². The highest BCUT2D eigenvalue weighted by Crippen LogP contribution is 2.39. The van der Waals surface area contributed by atoms with E-state index in [1.165, 1.54) is 23.3 Å². The molecule has 0 radical (unpaired) electrons. The van der Waals surface area contributed by atoms with Crippen molar-refractivity contribution in [2.45, 2.75) is 31.6 Å². The smallest absolute Gasteiger partial charge is 0.274 e. The lowest BCUT2D eigenvalue weighted by Gasteiger charge is -2.07. The number of nitrogens with zero attached hydrogens (tertiary/aromatic N) is 1. The van der Waals surface area contributed by atoms with Crippen LogP contribution in [0.2, 0.25) is 0 Å². The number of hydrogen-bond donors (Lipinski definition) is 0. The molecule has 1 aromatic carbocycles. The molecule has 3 rings (SSSR count). The Balaban J connectivity index is 1.68. The second-order valence-corrected chi connectivity index (χ2v) is 5.10. The van der Waals surface area contributed by atoms with Crippen molar-refractivity contribution in [3.8, 4) is 11.8 Å². The van der Waals surface area contributed by atoms with E-state index in [2.05, 4.69) is 24.0 Å². The third kappa shape index (κ3) is 2.68. The molecule has 2 aliphatic rings. The van der Waals surface area contributed by atoms with Crippen molar-refractivity contribution in [1.82, 2.24) is 4.90 Å². The minimum Gasteiger partial charge on any atom is -0.274 e. The van der Waals surface area contributed by atoms with Crippen LogP contribution in [0.5, 0.6) is 0 Å².